The number of amides is 2. The van der Waals surface area contributed by atoms with Gasteiger partial charge in [0.2, 0.25) is 0 Å². The molecule has 0 radical (unpaired) electrons. The zero-order valence-corrected chi connectivity index (χ0v) is 21.8. The fourth-order valence-corrected chi connectivity index (χ4v) is 3.40. The van der Waals surface area contributed by atoms with Crippen LogP contribution in [0.3, 0.4) is 0 Å². The summed E-state index contributed by atoms with van der Waals surface area (Å²) in [5.74, 6) is -5.74. The van der Waals surface area contributed by atoms with Crippen LogP contribution in [0.1, 0.15) is 40.3 Å². The Morgan fingerprint density at radius 1 is 0.875 bits per heavy atom. The second kappa shape index (κ2) is 13.2. The van der Waals surface area contributed by atoms with Crippen molar-refractivity contribution in [2.75, 3.05) is 38.1 Å². The predicted octanol–water partition coefficient (Wildman–Crippen LogP) is 4.42. The Balaban J connectivity index is 1.85. The normalized spacial score (nSPS) is 10.5. The summed E-state index contributed by atoms with van der Waals surface area (Å²) in [6.07, 6.45) is 0. The minimum absolute atomic E-state index is 0.00298. The van der Waals surface area contributed by atoms with Crippen molar-refractivity contribution in [1.29, 1.82) is 0 Å². The van der Waals surface area contributed by atoms with E-state index in [1.54, 1.807) is 6.92 Å². The van der Waals surface area contributed by atoms with Crippen LogP contribution in [0.25, 0.3) is 0 Å². The largest absolute Gasteiger partial charge is 0.496 e. The topological polar surface area (TPSA) is 150 Å². The predicted molar refractivity (Wildman–Crippen MR) is 133 cm³/mol. The highest BCUT2D eigenvalue weighted by atomic mass is 19.2. The molecule has 0 unspecified atom stereocenters. The Morgan fingerprint density at radius 3 is 2.20 bits per heavy atom. The summed E-state index contributed by atoms with van der Waals surface area (Å²) in [5, 5.41) is 10.5. The molecule has 3 rings (SSSR count). The number of nitrogens with one attached hydrogen (secondary N) is 3. The SMILES string of the molecule is CCOC(=O)c1n[nH]c(NC(=O)Nc2cc(OCc3c(OC)ccc(F)c3F)c(OC)cc2F)c1C(=O)OCC. The van der Waals surface area contributed by atoms with E-state index in [0.717, 1.165) is 18.2 Å². The van der Waals surface area contributed by atoms with E-state index in [2.05, 4.69) is 20.8 Å². The number of aromatic amines is 1. The van der Waals surface area contributed by atoms with Gasteiger partial charge in [-0.2, -0.15) is 5.10 Å². The maximum Gasteiger partial charge on any atom is 0.359 e. The first-order chi connectivity index (χ1) is 19.1. The number of hydrogen-bond donors (Lipinski definition) is 3. The maximum absolute atomic E-state index is 14.8. The van der Waals surface area contributed by atoms with Gasteiger partial charge in [-0.3, -0.25) is 10.4 Å². The van der Waals surface area contributed by atoms with Gasteiger partial charge in [0.15, 0.2) is 34.6 Å². The summed E-state index contributed by atoms with van der Waals surface area (Å²) in [6.45, 7) is 2.51. The van der Waals surface area contributed by atoms with Gasteiger partial charge < -0.3 is 29.0 Å². The van der Waals surface area contributed by atoms with Gasteiger partial charge in [0.25, 0.3) is 0 Å². The van der Waals surface area contributed by atoms with Gasteiger partial charge in [0.05, 0.1) is 38.7 Å². The number of halogens is 3. The number of nitrogens with zero attached hydrogens (tertiary/aromatic N) is 1. The van der Waals surface area contributed by atoms with E-state index in [0.29, 0.717) is 0 Å². The Labute approximate surface area is 225 Å². The molecule has 2 aromatic carbocycles. The fourth-order valence-electron chi connectivity index (χ4n) is 3.40. The van der Waals surface area contributed by atoms with Crippen LogP contribution in [-0.2, 0) is 16.1 Å². The molecule has 0 aliphatic heterocycles. The monoisotopic (exact) mass is 566 g/mol. The average molecular weight is 566 g/mol. The van der Waals surface area contributed by atoms with Gasteiger partial charge in [0.1, 0.15) is 23.7 Å². The first-order valence-corrected chi connectivity index (χ1v) is 11.7. The van der Waals surface area contributed by atoms with E-state index in [4.69, 9.17) is 23.7 Å². The van der Waals surface area contributed by atoms with Crippen LogP contribution in [0.2, 0.25) is 0 Å². The zero-order valence-electron chi connectivity index (χ0n) is 21.8. The molecule has 1 heterocycles. The van der Waals surface area contributed by atoms with Gasteiger partial charge in [-0.1, -0.05) is 0 Å². The second-order valence-corrected chi connectivity index (χ2v) is 7.66. The van der Waals surface area contributed by atoms with Crippen LogP contribution in [0.5, 0.6) is 17.2 Å². The number of anilines is 2. The first kappa shape index (κ1) is 29.6. The Kier molecular flexibility index (Phi) is 9.78. The summed E-state index contributed by atoms with van der Waals surface area (Å²) in [6, 6.07) is 2.98. The molecule has 0 saturated heterocycles. The lowest BCUT2D eigenvalue weighted by molar-refractivity contribution is 0.0476. The van der Waals surface area contributed by atoms with E-state index >= 15 is 0 Å². The lowest BCUT2D eigenvalue weighted by Gasteiger charge is -2.16. The van der Waals surface area contributed by atoms with Crippen LogP contribution < -0.4 is 24.8 Å². The van der Waals surface area contributed by atoms with Crippen molar-refractivity contribution in [3.05, 3.63) is 58.5 Å². The van der Waals surface area contributed by atoms with Crippen LogP contribution in [0, 0.1) is 17.5 Å². The van der Waals surface area contributed by atoms with Crippen molar-refractivity contribution < 1.29 is 51.2 Å². The molecule has 0 spiro atoms. The molecule has 3 N–H and O–H groups in total. The van der Waals surface area contributed by atoms with Crippen molar-refractivity contribution in [2.24, 2.45) is 0 Å². The molecule has 0 saturated carbocycles. The summed E-state index contributed by atoms with van der Waals surface area (Å²) in [4.78, 5) is 37.3. The number of rotatable bonds is 11. The van der Waals surface area contributed by atoms with E-state index < -0.39 is 59.0 Å². The summed E-state index contributed by atoms with van der Waals surface area (Å²) in [5.41, 5.74) is -1.49. The molecule has 0 aliphatic carbocycles. The third kappa shape index (κ3) is 6.54. The van der Waals surface area contributed by atoms with Crippen LogP contribution >= 0.6 is 0 Å². The van der Waals surface area contributed by atoms with E-state index in [9.17, 15) is 27.6 Å². The Morgan fingerprint density at radius 2 is 1.55 bits per heavy atom. The number of hydrogen-bond acceptors (Lipinski definition) is 9. The highest BCUT2D eigenvalue weighted by molar-refractivity contribution is 6.09. The van der Waals surface area contributed by atoms with Gasteiger partial charge in [-0.05, 0) is 26.0 Å². The molecule has 2 amide bonds. The van der Waals surface area contributed by atoms with Crippen LogP contribution in [0.4, 0.5) is 29.5 Å². The molecule has 12 nitrogen and oxygen atoms in total. The number of methoxy groups -OCH3 is 2. The first-order valence-electron chi connectivity index (χ1n) is 11.7. The van der Waals surface area contributed by atoms with Crippen molar-refractivity contribution in [3.63, 3.8) is 0 Å². The molecule has 0 fully saturated rings. The van der Waals surface area contributed by atoms with Crippen molar-refractivity contribution >= 4 is 29.5 Å². The van der Waals surface area contributed by atoms with Crippen molar-refractivity contribution in [3.8, 4) is 17.2 Å². The molecule has 0 aliphatic rings. The molecule has 40 heavy (non-hydrogen) atoms. The standard InChI is InChI=1S/C25H25F3N4O8/c1-5-38-23(33)19-21(24(34)39-6-2)31-32-22(19)30-25(35)29-15-10-18(17(37-4)9-14(15)27)40-11-12-16(36-3)8-7-13(26)20(12)28/h7-10H,5-6,11H2,1-4H3,(H3,29,30,31,32,35). The summed E-state index contributed by atoms with van der Waals surface area (Å²) in [7, 11) is 2.49. The molecule has 1 aromatic heterocycles. The number of H-pyrrole nitrogens is 1. The number of carbonyl (C=O) groups is 3. The molecular weight excluding hydrogens is 541 g/mol. The summed E-state index contributed by atoms with van der Waals surface area (Å²) < 4.78 is 68.3. The Hall–Kier alpha value is -4.95. The van der Waals surface area contributed by atoms with Crippen LogP contribution in [0.15, 0.2) is 24.3 Å². The molecule has 0 bridgehead atoms. The second-order valence-electron chi connectivity index (χ2n) is 7.66. The summed E-state index contributed by atoms with van der Waals surface area (Å²) >= 11 is 0. The quantitative estimate of drug-likeness (QED) is 0.287. The molecular formula is C25H25F3N4O8. The van der Waals surface area contributed by atoms with Gasteiger partial charge >= 0.3 is 18.0 Å². The molecule has 214 valence electrons. The molecule has 15 heteroatoms. The van der Waals surface area contributed by atoms with E-state index in [-0.39, 0.29) is 41.8 Å². The van der Waals surface area contributed by atoms with E-state index in [1.165, 1.54) is 27.2 Å². The fraction of sp³-hybridized carbons (Fsp3) is 0.280. The minimum Gasteiger partial charge on any atom is -0.496 e. The highest BCUT2D eigenvalue weighted by Gasteiger charge is 2.28. The molecule has 0 atom stereocenters. The lowest BCUT2D eigenvalue weighted by Crippen LogP contribution is -2.22. The van der Waals surface area contributed by atoms with Crippen molar-refractivity contribution in [1.82, 2.24) is 10.2 Å². The van der Waals surface area contributed by atoms with Gasteiger partial charge in [0, 0.05) is 12.1 Å². The third-order valence-corrected chi connectivity index (χ3v) is 5.20. The van der Waals surface area contributed by atoms with Crippen molar-refractivity contribution in [2.45, 2.75) is 20.5 Å². The number of benzene rings is 2. The average Bonchev–Trinajstić information content (AvgIpc) is 3.34. The highest BCUT2D eigenvalue weighted by Crippen LogP contribution is 2.35. The van der Waals surface area contributed by atoms with Gasteiger partial charge in [-0.25, -0.2) is 27.6 Å². The maximum atomic E-state index is 14.8. The smallest absolute Gasteiger partial charge is 0.359 e. The third-order valence-electron chi connectivity index (χ3n) is 5.20. The number of carbonyl (C=O) groups excluding carboxylic acids is 3. The molecule has 3 aromatic rings. The van der Waals surface area contributed by atoms with E-state index in [1.807, 2.05) is 0 Å². The number of urea groups is 1. The van der Waals surface area contributed by atoms with Crippen LogP contribution in [-0.4, -0.2) is 55.6 Å². The number of ether oxygens (including phenoxy) is 5. The minimum atomic E-state index is -1.20. The number of esters is 2. The lowest BCUT2D eigenvalue weighted by atomic mass is 10.2. The Bertz CT molecular complexity index is 1410. The zero-order chi connectivity index (χ0) is 29.4. The number of aromatic nitrogens is 2. The van der Waals surface area contributed by atoms with Gasteiger partial charge in [-0.15, -0.1) is 0 Å².